The molecule has 1 aromatic heterocycles. The van der Waals surface area contributed by atoms with Crippen molar-refractivity contribution in [3.63, 3.8) is 0 Å². The molecule has 0 bridgehead atoms. The summed E-state index contributed by atoms with van der Waals surface area (Å²) in [7, 11) is 0. The van der Waals surface area contributed by atoms with Gasteiger partial charge >= 0.3 is 0 Å². The zero-order valence-electron chi connectivity index (χ0n) is 9.67. The number of unbranched alkanes of at least 4 members (excludes halogenated alkanes) is 2. The van der Waals surface area contributed by atoms with Crippen LogP contribution in [0.4, 0.5) is 0 Å². The second-order valence-corrected chi connectivity index (χ2v) is 4.00. The van der Waals surface area contributed by atoms with E-state index in [1.165, 1.54) is 6.42 Å². The Hall–Kier alpha value is -0.570. The van der Waals surface area contributed by atoms with Crippen LogP contribution in [-0.2, 0) is 19.4 Å². The predicted octanol–water partition coefficient (Wildman–Crippen LogP) is 2.81. The van der Waals surface area contributed by atoms with E-state index in [0.717, 1.165) is 49.8 Å². The molecule has 0 N–H and O–H groups in total. The van der Waals surface area contributed by atoms with Crippen LogP contribution >= 0.6 is 11.6 Å². The molecule has 0 saturated carbocycles. The Morgan fingerprint density at radius 1 is 1.13 bits per heavy atom. The fourth-order valence-electron chi connectivity index (χ4n) is 1.55. The normalized spacial score (nSPS) is 10.9. The van der Waals surface area contributed by atoms with Gasteiger partial charge in [-0.1, -0.05) is 20.3 Å². The van der Waals surface area contributed by atoms with Crippen LogP contribution in [0.25, 0.3) is 0 Å². The van der Waals surface area contributed by atoms with Crippen LogP contribution < -0.4 is 0 Å². The Morgan fingerprint density at radius 3 is 2.53 bits per heavy atom. The van der Waals surface area contributed by atoms with Gasteiger partial charge < -0.3 is 0 Å². The summed E-state index contributed by atoms with van der Waals surface area (Å²) in [5.74, 6) is 2.83. The first-order valence-corrected chi connectivity index (χ1v) is 6.33. The molecule has 0 aromatic carbocycles. The number of aromatic nitrogens is 3. The van der Waals surface area contributed by atoms with E-state index < -0.39 is 0 Å². The van der Waals surface area contributed by atoms with Crippen molar-refractivity contribution in [1.29, 1.82) is 0 Å². The molecule has 4 heteroatoms. The number of hydrogen-bond acceptors (Lipinski definition) is 2. The first-order chi connectivity index (χ1) is 7.31. The molecule has 0 aliphatic carbocycles. The standard InChI is InChI=1S/C11H20ClN3/c1-3-10-13-11(4-2)15(14-10)9-7-5-6-8-12/h3-9H2,1-2H3. The van der Waals surface area contributed by atoms with Crippen LogP contribution in [0.5, 0.6) is 0 Å². The molecule has 0 aliphatic rings. The highest BCUT2D eigenvalue weighted by molar-refractivity contribution is 6.17. The monoisotopic (exact) mass is 229 g/mol. The third-order valence-corrected chi connectivity index (χ3v) is 2.70. The molecular formula is C11H20ClN3. The van der Waals surface area contributed by atoms with Gasteiger partial charge in [0, 0.05) is 25.3 Å². The molecule has 15 heavy (non-hydrogen) atoms. The molecule has 1 rings (SSSR count). The average Bonchev–Trinajstić information content (AvgIpc) is 2.67. The van der Waals surface area contributed by atoms with Crippen LogP contribution in [0, 0.1) is 0 Å². The van der Waals surface area contributed by atoms with Gasteiger partial charge in [-0.15, -0.1) is 11.6 Å². The van der Waals surface area contributed by atoms with Gasteiger partial charge in [0.1, 0.15) is 5.82 Å². The molecule has 0 fully saturated rings. The Bertz CT molecular complexity index is 283. The lowest BCUT2D eigenvalue weighted by Gasteiger charge is -2.03. The second kappa shape index (κ2) is 6.83. The minimum Gasteiger partial charge on any atom is -0.250 e. The lowest BCUT2D eigenvalue weighted by atomic mass is 10.2. The fourth-order valence-corrected chi connectivity index (χ4v) is 1.74. The quantitative estimate of drug-likeness (QED) is 0.532. The van der Waals surface area contributed by atoms with Crippen LogP contribution in [0.2, 0.25) is 0 Å². The number of aryl methyl sites for hydroxylation is 3. The van der Waals surface area contributed by atoms with Gasteiger partial charge in [-0.2, -0.15) is 5.10 Å². The molecule has 1 aromatic rings. The van der Waals surface area contributed by atoms with Crippen LogP contribution in [0.3, 0.4) is 0 Å². The topological polar surface area (TPSA) is 30.7 Å². The Kier molecular flexibility index (Phi) is 5.69. The van der Waals surface area contributed by atoms with Crippen molar-refractivity contribution in [2.45, 2.75) is 52.5 Å². The van der Waals surface area contributed by atoms with Crippen molar-refractivity contribution < 1.29 is 0 Å². The molecule has 0 spiro atoms. The molecule has 86 valence electrons. The summed E-state index contributed by atoms with van der Waals surface area (Å²) in [5, 5.41) is 4.47. The molecule has 3 nitrogen and oxygen atoms in total. The summed E-state index contributed by atoms with van der Waals surface area (Å²) < 4.78 is 2.05. The van der Waals surface area contributed by atoms with Gasteiger partial charge in [0.05, 0.1) is 0 Å². The van der Waals surface area contributed by atoms with Gasteiger partial charge in [0.15, 0.2) is 5.82 Å². The maximum Gasteiger partial charge on any atom is 0.150 e. The van der Waals surface area contributed by atoms with Crippen molar-refractivity contribution in [3.8, 4) is 0 Å². The Morgan fingerprint density at radius 2 is 1.93 bits per heavy atom. The van der Waals surface area contributed by atoms with Crippen molar-refractivity contribution in [2.24, 2.45) is 0 Å². The van der Waals surface area contributed by atoms with Gasteiger partial charge in [-0.05, 0) is 12.8 Å². The molecule has 0 radical (unpaired) electrons. The highest BCUT2D eigenvalue weighted by Gasteiger charge is 2.05. The van der Waals surface area contributed by atoms with Gasteiger partial charge in [-0.3, -0.25) is 0 Å². The third kappa shape index (κ3) is 3.82. The lowest BCUT2D eigenvalue weighted by molar-refractivity contribution is 0.530. The number of hydrogen-bond donors (Lipinski definition) is 0. The summed E-state index contributed by atoms with van der Waals surface area (Å²) in [4.78, 5) is 4.47. The van der Waals surface area contributed by atoms with Gasteiger partial charge in [-0.25, -0.2) is 9.67 Å². The summed E-state index contributed by atoms with van der Waals surface area (Å²) in [6.45, 7) is 5.19. The third-order valence-electron chi connectivity index (χ3n) is 2.43. The molecule has 0 amide bonds. The number of alkyl halides is 1. The minimum absolute atomic E-state index is 0.762. The molecule has 0 atom stereocenters. The summed E-state index contributed by atoms with van der Waals surface area (Å²) in [5.41, 5.74) is 0. The van der Waals surface area contributed by atoms with E-state index >= 15 is 0 Å². The summed E-state index contributed by atoms with van der Waals surface area (Å²) >= 11 is 5.63. The molecule has 0 aliphatic heterocycles. The van der Waals surface area contributed by atoms with Crippen LogP contribution in [-0.4, -0.2) is 20.6 Å². The number of nitrogens with zero attached hydrogens (tertiary/aromatic N) is 3. The Balaban J connectivity index is 2.47. The van der Waals surface area contributed by atoms with Crippen molar-refractivity contribution in [2.75, 3.05) is 5.88 Å². The van der Waals surface area contributed by atoms with E-state index in [4.69, 9.17) is 11.6 Å². The zero-order chi connectivity index (χ0) is 11.1. The van der Waals surface area contributed by atoms with Gasteiger partial charge in [0.2, 0.25) is 0 Å². The predicted molar refractivity (Wildman–Crippen MR) is 63.3 cm³/mol. The second-order valence-electron chi connectivity index (χ2n) is 3.62. The van der Waals surface area contributed by atoms with Crippen LogP contribution in [0.15, 0.2) is 0 Å². The summed E-state index contributed by atoms with van der Waals surface area (Å²) in [6, 6.07) is 0. The maximum absolute atomic E-state index is 5.63. The molecule has 0 unspecified atom stereocenters. The van der Waals surface area contributed by atoms with Crippen molar-refractivity contribution >= 4 is 11.6 Å². The fraction of sp³-hybridized carbons (Fsp3) is 0.818. The largest absolute Gasteiger partial charge is 0.250 e. The highest BCUT2D eigenvalue weighted by atomic mass is 35.5. The van der Waals surface area contributed by atoms with E-state index in [1.807, 2.05) is 4.68 Å². The van der Waals surface area contributed by atoms with Crippen molar-refractivity contribution in [3.05, 3.63) is 11.6 Å². The minimum atomic E-state index is 0.762. The molecule has 1 heterocycles. The highest BCUT2D eigenvalue weighted by Crippen LogP contribution is 2.05. The lowest BCUT2D eigenvalue weighted by Crippen LogP contribution is -2.05. The Labute approximate surface area is 96.8 Å². The van der Waals surface area contributed by atoms with Gasteiger partial charge in [0.25, 0.3) is 0 Å². The number of rotatable bonds is 7. The maximum atomic E-state index is 5.63. The van der Waals surface area contributed by atoms with E-state index in [9.17, 15) is 0 Å². The number of halogens is 1. The molecule has 0 saturated heterocycles. The smallest absolute Gasteiger partial charge is 0.150 e. The van der Waals surface area contributed by atoms with Crippen molar-refractivity contribution in [1.82, 2.24) is 14.8 Å². The van der Waals surface area contributed by atoms with E-state index in [-0.39, 0.29) is 0 Å². The van der Waals surface area contributed by atoms with E-state index in [1.54, 1.807) is 0 Å². The zero-order valence-corrected chi connectivity index (χ0v) is 10.4. The first-order valence-electron chi connectivity index (χ1n) is 5.80. The van der Waals surface area contributed by atoms with E-state index in [0.29, 0.717) is 0 Å². The first kappa shape index (κ1) is 12.5. The summed E-state index contributed by atoms with van der Waals surface area (Å²) in [6.07, 6.45) is 5.29. The van der Waals surface area contributed by atoms with E-state index in [2.05, 4.69) is 23.9 Å². The molecular weight excluding hydrogens is 210 g/mol. The SMILES string of the molecule is CCc1nc(CC)n(CCCCCCl)n1. The van der Waals surface area contributed by atoms with Crippen LogP contribution in [0.1, 0.15) is 44.8 Å². The average molecular weight is 230 g/mol.